The second-order valence-electron chi connectivity index (χ2n) is 8.86. The lowest BCUT2D eigenvalue weighted by Crippen LogP contribution is -2.47. The van der Waals surface area contributed by atoms with Crippen LogP contribution in [-0.2, 0) is 9.59 Å². The molecule has 0 unspecified atom stereocenters. The van der Waals surface area contributed by atoms with E-state index >= 15 is 0 Å². The molecule has 0 radical (unpaired) electrons. The van der Waals surface area contributed by atoms with Crippen molar-refractivity contribution < 1.29 is 14.7 Å². The molecule has 0 aliphatic heterocycles. The molecule has 3 nitrogen and oxygen atoms in total. The summed E-state index contributed by atoms with van der Waals surface area (Å²) in [6.07, 6.45) is 7.55. The van der Waals surface area contributed by atoms with E-state index < -0.39 is 5.60 Å². The molecule has 0 heterocycles. The van der Waals surface area contributed by atoms with Gasteiger partial charge in [0.05, 0.1) is 5.60 Å². The predicted molar refractivity (Wildman–Crippen MR) is 101 cm³/mol. The van der Waals surface area contributed by atoms with Gasteiger partial charge in [-0.25, -0.2) is 0 Å². The van der Waals surface area contributed by atoms with Crippen LogP contribution in [0.25, 0.3) is 0 Å². The van der Waals surface area contributed by atoms with Gasteiger partial charge in [-0.3, -0.25) is 9.59 Å². The van der Waals surface area contributed by atoms with E-state index in [0.29, 0.717) is 12.8 Å². The van der Waals surface area contributed by atoms with Crippen molar-refractivity contribution in [3.8, 4) is 0 Å². The van der Waals surface area contributed by atoms with Crippen LogP contribution in [0.1, 0.15) is 73.6 Å². The van der Waals surface area contributed by atoms with Crippen molar-refractivity contribution in [1.29, 1.82) is 0 Å². The summed E-state index contributed by atoms with van der Waals surface area (Å²) in [6.45, 7) is 11.7. The normalized spacial score (nSPS) is 41.4. The molecular formula is C22H34O3. The highest BCUT2D eigenvalue weighted by Crippen LogP contribution is 2.58. The topological polar surface area (TPSA) is 54.4 Å². The molecule has 25 heavy (non-hydrogen) atoms. The van der Waals surface area contributed by atoms with E-state index in [4.69, 9.17) is 0 Å². The fraction of sp³-hybridized carbons (Fsp3) is 0.727. The first-order chi connectivity index (χ1) is 11.5. The third-order valence-corrected chi connectivity index (χ3v) is 6.88. The van der Waals surface area contributed by atoms with E-state index in [1.807, 2.05) is 26.8 Å². The van der Waals surface area contributed by atoms with Crippen LogP contribution in [-0.4, -0.2) is 22.3 Å². The molecule has 2 aliphatic carbocycles. The van der Waals surface area contributed by atoms with Gasteiger partial charge in [-0.15, -0.1) is 0 Å². The summed E-state index contributed by atoms with van der Waals surface area (Å²) >= 11 is 0. The van der Waals surface area contributed by atoms with Gasteiger partial charge in [0, 0.05) is 18.3 Å². The lowest BCUT2D eigenvalue weighted by Gasteiger charge is -2.43. The van der Waals surface area contributed by atoms with Gasteiger partial charge in [0.25, 0.3) is 0 Å². The number of carbonyl (C=O) groups excluding carboxylic acids is 2. The van der Waals surface area contributed by atoms with Gasteiger partial charge in [0.15, 0.2) is 5.78 Å². The Labute approximate surface area is 152 Å². The minimum Gasteiger partial charge on any atom is -0.389 e. The van der Waals surface area contributed by atoms with E-state index in [9.17, 15) is 14.7 Å². The fourth-order valence-corrected chi connectivity index (χ4v) is 4.98. The lowest BCUT2D eigenvalue weighted by molar-refractivity contribution is -0.131. The number of hydrogen-bond acceptors (Lipinski definition) is 3. The molecule has 0 spiro atoms. The number of allylic oxidation sites excluding steroid dienone is 4. The molecule has 2 aliphatic rings. The molecule has 2 rings (SSSR count). The number of rotatable bonds is 2. The van der Waals surface area contributed by atoms with E-state index in [1.165, 1.54) is 5.57 Å². The minimum absolute atomic E-state index is 0.0548. The highest BCUT2D eigenvalue weighted by molar-refractivity contribution is 5.95. The number of Topliss-reactive ketones (excluding diaryl/α,β-unsaturated/α-hetero) is 2. The third kappa shape index (κ3) is 3.67. The van der Waals surface area contributed by atoms with Crippen LogP contribution < -0.4 is 0 Å². The second kappa shape index (κ2) is 7.19. The van der Waals surface area contributed by atoms with Crippen molar-refractivity contribution in [3.63, 3.8) is 0 Å². The summed E-state index contributed by atoms with van der Waals surface area (Å²) in [6, 6.07) is 0. The van der Waals surface area contributed by atoms with Crippen molar-refractivity contribution in [2.75, 3.05) is 0 Å². The standard InChI is InChI=1S/C22H34O3/c1-14(2)22(25)11-10-21(6)18(17(5)23)12-15(3)8-7-9-16(4)19(24)13-20(21)22/h9,12,14,18,20,25H,7-8,10-11,13H2,1-6H3/b15-12+,16-9+/t18-,20-,21-,22-/m1/s1. The Balaban J connectivity index is 2.60. The van der Waals surface area contributed by atoms with E-state index in [2.05, 4.69) is 19.9 Å². The lowest BCUT2D eigenvalue weighted by atomic mass is 9.62. The molecule has 0 aromatic heterocycles. The third-order valence-electron chi connectivity index (χ3n) is 6.88. The van der Waals surface area contributed by atoms with Crippen molar-refractivity contribution in [3.05, 3.63) is 23.3 Å². The highest BCUT2D eigenvalue weighted by atomic mass is 16.3. The van der Waals surface area contributed by atoms with Crippen LogP contribution in [0.3, 0.4) is 0 Å². The van der Waals surface area contributed by atoms with Crippen LogP contribution in [0, 0.1) is 23.2 Å². The molecule has 0 saturated heterocycles. The maximum absolute atomic E-state index is 12.8. The molecule has 1 saturated carbocycles. The maximum atomic E-state index is 12.8. The quantitative estimate of drug-likeness (QED) is 0.741. The van der Waals surface area contributed by atoms with Gasteiger partial charge in [0.2, 0.25) is 0 Å². The first kappa shape index (κ1) is 20.1. The van der Waals surface area contributed by atoms with Crippen LogP contribution in [0.4, 0.5) is 0 Å². The van der Waals surface area contributed by atoms with Crippen molar-refractivity contribution in [2.24, 2.45) is 23.2 Å². The summed E-state index contributed by atoms with van der Waals surface area (Å²) in [5.74, 6) is -0.141. The summed E-state index contributed by atoms with van der Waals surface area (Å²) in [4.78, 5) is 25.4. The highest BCUT2D eigenvalue weighted by Gasteiger charge is 2.58. The summed E-state index contributed by atoms with van der Waals surface area (Å²) in [5.41, 5.74) is 0.702. The van der Waals surface area contributed by atoms with Crippen molar-refractivity contribution in [2.45, 2.75) is 79.2 Å². The molecular weight excluding hydrogens is 312 g/mol. The first-order valence-electron chi connectivity index (χ1n) is 9.62. The van der Waals surface area contributed by atoms with Gasteiger partial charge in [-0.05, 0) is 63.4 Å². The molecule has 4 atom stereocenters. The molecule has 140 valence electrons. The summed E-state index contributed by atoms with van der Waals surface area (Å²) < 4.78 is 0. The first-order valence-corrected chi connectivity index (χ1v) is 9.62. The Morgan fingerprint density at radius 2 is 1.92 bits per heavy atom. The maximum Gasteiger partial charge on any atom is 0.158 e. The Morgan fingerprint density at radius 1 is 1.28 bits per heavy atom. The molecule has 0 aromatic carbocycles. The largest absolute Gasteiger partial charge is 0.389 e. The number of fused-ring (bicyclic) bond motifs is 1. The molecule has 0 bridgehead atoms. The van der Waals surface area contributed by atoms with Crippen molar-refractivity contribution >= 4 is 11.6 Å². The van der Waals surface area contributed by atoms with Gasteiger partial charge in [0.1, 0.15) is 5.78 Å². The molecule has 1 N–H and O–H groups in total. The Bertz CT molecular complexity index is 613. The van der Waals surface area contributed by atoms with Gasteiger partial charge in [-0.1, -0.05) is 38.5 Å². The van der Waals surface area contributed by atoms with Crippen LogP contribution >= 0.6 is 0 Å². The summed E-state index contributed by atoms with van der Waals surface area (Å²) in [5, 5.41) is 11.4. The van der Waals surface area contributed by atoms with Crippen molar-refractivity contribution in [1.82, 2.24) is 0 Å². The van der Waals surface area contributed by atoms with Crippen LogP contribution in [0.5, 0.6) is 0 Å². The summed E-state index contributed by atoms with van der Waals surface area (Å²) in [7, 11) is 0. The van der Waals surface area contributed by atoms with Gasteiger partial charge >= 0.3 is 0 Å². The molecule has 1 fully saturated rings. The molecule has 3 heteroatoms. The Kier molecular flexibility index (Phi) is 5.78. The monoisotopic (exact) mass is 346 g/mol. The van der Waals surface area contributed by atoms with E-state index in [1.54, 1.807) is 6.92 Å². The van der Waals surface area contributed by atoms with Gasteiger partial charge in [-0.2, -0.15) is 0 Å². The smallest absolute Gasteiger partial charge is 0.158 e. The Morgan fingerprint density at radius 3 is 2.48 bits per heavy atom. The zero-order valence-corrected chi connectivity index (χ0v) is 16.7. The second-order valence-corrected chi connectivity index (χ2v) is 8.86. The minimum atomic E-state index is -0.895. The van der Waals surface area contributed by atoms with Crippen LogP contribution in [0.15, 0.2) is 23.3 Å². The fourth-order valence-electron chi connectivity index (χ4n) is 4.98. The predicted octanol–water partition coefficient (Wildman–Crippen LogP) is 4.64. The number of hydrogen-bond donors (Lipinski definition) is 1. The van der Waals surface area contributed by atoms with E-state index in [0.717, 1.165) is 24.8 Å². The SMILES string of the molecule is CC(=O)[C@H]1/C=C(\C)CC/C=C(\C)C(=O)C[C@@H]2[C@]1(C)CC[C@@]2(O)C(C)C. The van der Waals surface area contributed by atoms with E-state index in [-0.39, 0.29) is 34.7 Å². The Hall–Kier alpha value is -1.22. The molecule has 0 amide bonds. The number of carbonyl (C=O) groups is 2. The van der Waals surface area contributed by atoms with Gasteiger partial charge < -0.3 is 5.11 Å². The van der Waals surface area contributed by atoms with Crippen LogP contribution in [0.2, 0.25) is 0 Å². The number of ketones is 2. The average Bonchev–Trinajstić information content (AvgIpc) is 2.78. The number of aliphatic hydroxyl groups is 1. The molecule has 0 aromatic rings. The zero-order valence-electron chi connectivity index (χ0n) is 16.7. The average molecular weight is 347 g/mol. The zero-order chi connectivity index (χ0) is 19.0.